The number of carbonyl (C=O) groups excluding carboxylic acids is 1. The highest BCUT2D eigenvalue weighted by molar-refractivity contribution is 5.88. The van der Waals surface area contributed by atoms with Gasteiger partial charge in [0.15, 0.2) is 5.82 Å². The van der Waals surface area contributed by atoms with Crippen molar-refractivity contribution in [3.8, 4) is 0 Å². The topological polar surface area (TPSA) is 67.2 Å². The first-order chi connectivity index (χ1) is 9.71. The number of hydrogen-bond acceptors (Lipinski definition) is 3. The van der Waals surface area contributed by atoms with Crippen LogP contribution in [0.1, 0.15) is 57.8 Å². The summed E-state index contributed by atoms with van der Waals surface area (Å²) in [5.41, 5.74) is -0.423. The fourth-order valence-corrected chi connectivity index (χ4v) is 2.51. The third-order valence-corrected chi connectivity index (χ3v) is 3.95. The average molecular weight is 297 g/mol. The van der Waals surface area contributed by atoms with Gasteiger partial charge in [0.2, 0.25) is 0 Å². The minimum absolute atomic E-state index is 0.168. The average Bonchev–Trinajstić information content (AvgIpc) is 2.68. The lowest BCUT2D eigenvalue weighted by Crippen LogP contribution is -2.38. The van der Waals surface area contributed by atoms with Crippen molar-refractivity contribution in [2.75, 3.05) is 11.9 Å². The predicted octanol–water partition coefficient (Wildman–Crippen LogP) is 3.68. The van der Waals surface area contributed by atoms with E-state index in [0.29, 0.717) is 31.6 Å². The number of aromatic nitrogens is 1. The highest BCUT2D eigenvalue weighted by Crippen LogP contribution is 2.38. The fraction of sp³-hybridized carbons (Fsp3) is 0.733. The summed E-state index contributed by atoms with van der Waals surface area (Å²) in [6, 6.07) is -0.380. The van der Waals surface area contributed by atoms with E-state index >= 15 is 0 Å². The number of carbonyl (C=O) groups is 1. The summed E-state index contributed by atoms with van der Waals surface area (Å²) in [5, 5.41) is 9.19. The van der Waals surface area contributed by atoms with Crippen LogP contribution < -0.4 is 10.6 Å². The summed E-state index contributed by atoms with van der Waals surface area (Å²) in [7, 11) is 0. The van der Waals surface area contributed by atoms with Gasteiger partial charge in [-0.05, 0) is 32.6 Å². The second-order valence-corrected chi connectivity index (χ2v) is 6.87. The Morgan fingerprint density at radius 1 is 1.43 bits per heavy atom. The van der Waals surface area contributed by atoms with Gasteiger partial charge >= 0.3 is 6.03 Å². The van der Waals surface area contributed by atoms with Crippen molar-refractivity contribution in [2.24, 2.45) is 0 Å². The predicted molar refractivity (Wildman–Crippen MR) is 79.3 cm³/mol. The molecule has 0 spiro atoms. The third-order valence-electron chi connectivity index (χ3n) is 3.95. The smallest absolute Gasteiger partial charge is 0.320 e. The van der Waals surface area contributed by atoms with Crippen LogP contribution in [-0.4, -0.2) is 23.4 Å². The largest absolute Gasteiger partial charge is 0.358 e. The summed E-state index contributed by atoms with van der Waals surface area (Å²) in [6.07, 6.45) is 2.52. The van der Waals surface area contributed by atoms with E-state index in [1.54, 1.807) is 0 Å². The Hall–Kier alpha value is -1.59. The van der Waals surface area contributed by atoms with Crippen molar-refractivity contribution in [1.82, 2.24) is 10.5 Å². The first kappa shape index (κ1) is 15.8. The minimum Gasteiger partial charge on any atom is -0.358 e. The zero-order valence-corrected chi connectivity index (χ0v) is 13.2. The van der Waals surface area contributed by atoms with E-state index < -0.39 is 5.67 Å². The van der Waals surface area contributed by atoms with E-state index in [1.165, 1.54) is 0 Å². The standard InChI is InChI=1S/C15H24FN3O2/c1-10-11(14(2,3)4)21-19-12(10)18-13(20)17-9-8-15(16)6-5-7-15/h5-9H2,1-4H3,(H2,17,18,19,20). The molecule has 1 aromatic rings. The highest BCUT2D eigenvalue weighted by Gasteiger charge is 2.36. The van der Waals surface area contributed by atoms with Crippen molar-refractivity contribution in [1.29, 1.82) is 0 Å². The Balaban J connectivity index is 1.84. The van der Waals surface area contributed by atoms with E-state index in [9.17, 15) is 9.18 Å². The summed E-state index contributed by atoms with van der Waals surface area (Å²) < 4.78 is 19.1. The lowest BCUT2D eigenvalue weighted by atomic mass is 9.80. The van der Waals surface area contributed by atoms with Crippen molar-refractivity contribution in [3.63, 3.8) is 0 Å². The monoisotopic (exact) mass is 297 g/mol. The molecule has 0 saturated heterocycles. The van der Waals surface area contributed by atoms with Crippen LogP contribution in [0.2, 0.25) is 0 Å². The van der Waals surface area contributed by atoms with Gasteiger partial charge in [-0.2, -0.15) is 0 Å². The van der Waals surface area contributed by atoms with E-state index in [2.05, 4.69) is 15.8 Å². The molecule has 118 valence electrons. The van der Waals surface area contributed by atoms with Crippen LogP contribution in [0.15, 0.2) is 4.52 Å². The second kappa shape index (κ2) is 5.66. The molecule has 2 N–H and O–H groups in total. The normalized spacial score (nSPS) is 17.2. The summed E-state index contributed by atoms with van der Waals surface area (Å²) in [5.74, 6) is 1.16. The summed E-state index contributed by atoms with van der Waals surface area (Å²) in [4.78, 5) is 11.8. The van der Waals surface area contributed by atoms with Crippen LogP contribution in [0.4, 0.5) is 15.0 Å². The summed E-state index contributed by atoms with van der Waals surface area (Å²) in [6.45, 7) is 8.24. The number of nitrogens with one attached hydrogen (secondary N) is 2. The molecule has 1 aromatic heterocycles. The number of nitrogens with zero attached hydrogens (tertiary/aromatic N) is 1. The maximum absolute atomic E-state index is 13.8. The highest BCUT2D eigenvalue weighted by atomic mass is 19.1. The number of amides is 2. The molecular formula is C15H24FN3O2. The van der Waals surface area contributed by atoms with E-state index in [0.717, 1.165) is 17.7 Å². The van der Waals surface area contributed by atoms with Crippen LogP contribution >= 0.6 is 0 Å². The first-order valence-corrected chi connectivity index (χ1v) is 7.42. The molecule has 1 saturated carbocycles. The molecule has 1 aliphatic rings. The number of halogens is 1. The van der Waals surface area contributed by atoms with E-state index in [4.69, 9.17) is 4.52 Å². The van der Waals surface area contributed by atoms with Gasteiger partial charge in [-0.15, -0.1) is 0 Å². The molecule has 21 heavy (non-hydrogen) atoms. The SMILES string of the molecule is Cc1c(NC(=O)NCCC2(F)CCC2)noc1C(C)(C)C. The van der Waals surface area contributed by atoms with Gasteiger partial charge in [-0.1, -0.05) is 25.9 Å². The molecule has 6 heteroatoms. The van der Waals surface area contributed by atoms with Crippen LogP contribution in [0, 0.1) is 6.92 Å². The van der Waals surface area contributed by atoms with Gasteiger partial charge in [-0.25, -0.2) is 9.18 Å². The molecule has 1 heterocycles. The van der Waals surface area contributed by atoms with Gasteiger partial charge in [0.05, 0.1) is 0 Å². The molecule has 0 unspecified atom stereocenters. The summed E-state index contributed by atoms with van der Waals surface area (Å²) >= 11 is 0. The van der Waals surface area contributed by atoms with E-state index in [1.807, 2.05) is 27.7 Å². The second-order valence-electron chi connectivity index (χ2n) is 6.87. The van der Waals surface area contributed by atoms with Gasteiger partial charge in [0.1, 0.15) is 11.4 Å². The van der Waals surface area contributed by atoms with Crippen LogP contribution in [0.5, 0.6) is 0 Å². The molecular weight excluding hydrogens is 273 g/mol. The maximum Gasteiger partial charge on any atom is 0.320 e. The molecule has 2 rings (SSSR count). The van der Waals surface area contributed by atoms with Crippen LogP contribution in [-0.2, 0) is 5.41 Å². The van der Waals surface area contributed by atoms with Crippen LogP contribution in [0.25, 0.3) is 0 Å². The molecule has 0 aliphatic heterocycles. The molecule has 0 radical (unpaired) electrons. The zero-order valence-electron chi connectivity index (χ0n) is 13.2. The van der Waals surface area contributed by atoms with Gasteiger partial charge in [-0.3, -0.25) is 5.32 Å². The molecule has 0 bridgehead atoms. The maximum atomic E-state index is 13.8. The minimum atomic E-state index is -1.07. The Morgan fingerprint density at radius 3 is 2.57 bits per heavy atom. The Bertz CT molecular complexity index is 515. The molecule has 1 aliphatic carbocycles. The van der Waals surface area contributed by atoms with Crippen molar-refractivity contribution in [2.45, 2.75) is 64.5 Å². The first-order valence-electron chi connectivity index (χ1n) is 7.42. The number of hydrogen-bond donors (Lipinski definition) is 2. The molecule has 2 amide bonds. The molecule has 5 nitrogen and oxygen atoms in total. The lowest BCUT2D eigenvalue weighted by Gasteiger charge is -2.33. The number of alkyl halides is 1. The van der Waals surface area contributed by atoms with Crippen molar-refractivity contribution in [3.05, 3.63) is 11.3 Å². The lowest BCUT2D eigenvalue weighted by molar-refractivity contribution is 0.0551. The van der Waals surface area contributed by atoms with Gasteiger partial charge < -0.3 is 9.84 Å². The Morgan fingerprint density at radius 2 is 2.10 bits per heavy atom. The fourth-order valence-electron chi connectivity index (χ4n) is 2.51. The molecule has 0 atom stereocenters. The van der Waals surface area contributed by atoms with Crippen LogP contribution in [0.3, 0.4) is 0 Å². The van der Waals surface area contributed by atoms with Gasteiger partial charge in [0, 0.05) is 17.5 Å². The molecule has 0 aromatic carbocycles. The Kier molecular flexibility index (Phi) is 4.25. The zero-order chi connectivity index (χ0) is 15.7. The number of rotatable bonds is 4. The number of anilines is 1. The van der Waals surface area contributed by atoms with Crippen molar-refractivity contribution >= 4 is 11.8 Å². The van der Waals surface area contributed by atoms with E-state index in [-0.39, 0.29) is 11.4 Å². The Labute approximate surface area is 124 Å². The third kappa shape index (κ3) is 3.74. The molecule has 1 fully saturated rings. The van der Waals surface area contributed by atoms with Gasteiger partial charge in [0.25, 0.3) is 0 Å². The number of urea groups is 1. The quantitative estimate of drug-likeness (QED) is 0.890. The van der Waals surface area contributed by atoms with Crippen molar-refractivity contribution < 1.29 is 13.7 Å².